The van der Waals surface area contributed by atoms with Crippen LogP contribution >= 0.6 is 0 Å². The Hall–Kier alpha value is -2.10. The van der Waals surface area contributed by atoms with Gasteiger partial charge in [0.25, 0.3) is 6.10 Å². The van der Waals surface area contributed by atoms with Gasteiger partial charge in [0, 0.05) is 11.6 Å². The van der Waals surface area contributed by atoms with Crippen molar-refractivity contribution < 1.29 is 19.1 Å². The Balaban J connectivity index is 2.20. The van der Waals surface area contributed by atoms with Crippen molar-refractivity contribution in [2.45, 2.75) is 6.10 Å². The van der Waals surface area contributed by atoms with Crippen LogP contribution in [0, 0.1) is 0 Å². The molecule has 1 aliphatic heterocycles. The molecule has 4 heteroatoms. The van der Waals surface area contributed by atoms with Crippen molar-refractivity contribution in [1.29, 1.82) is 0 Å². The van der Waals surface area contributed by atoms with Crippen molar-refractivity contribution in [1.82, 2.24) is 0 Å². The van der Waals surface area contributed by atoms with E-state index in [1.54, 1.807) is 12.1 Å². The highest BCUT2D eigenvalue weighted by Gasteiger charge is 2.34. The molecule has 0 spiro atoms. The van der Waals surface area contributed by atoms with Crippen molar-refractivity contribution in [3.8, 4) is 0 Å². The molecule has 1 aliphatic rings. The second-order valence-electron chi connectivity index (χ2n) is 3.30. The van der Waals surface area contributed by atoms with Gasteiger partial charge in [0.05, 0.1) is 7.11 Å². The molecule has 1 unspecified atom stereocenters. The number of hydrogen-bond acceptors (Lipinski definition) is 4. The lowest BCUT2D eigenvalue weighted by Crippen LogP contribution is -2.28. The summed E-state index contributed by atoms with van der Waals surface area (Å²) in [7, 11) is 1.22. The second-order valence-corrected chi connectivity index (χ2v) is 3.30. The summed E-state index contributed by atoms with van der Waals surface area (Å²) in [5.41, 5.74) is 0.766. The lowest BCUT2D eigenvalue weighted by molar-refractivity contribution is -0.152. The van der Waals surface area contributed by atoms with E-state index in [4.69, 9.17) is 4.74 Å². The highest BCUT2D eigenvalue weighted by Crippen LogP contribution is 2.24. The number of hydrogen-bond donors (Lipinski definition) is 0. The summed E-state index contributed by atoms with van der Waals surface area (Å²) in [6, 6.07) is 9.13. The molecule has 2 rings (SSSR count). The molecule has 1 atom stereocenters. The van der Waals surface area contributed by atoms with Crippen LogP contribution in [0.5, 0.6) is 0 Å². The van der Waals surface area contributed by atoms with Gasteiger partial charge in [-0.05, 0) is 0 Å². The second kappa shape index (κ2) is 4.18. The zero-order chi connectivity index (χ0) is 11.5. The summed E-state index contributed by atoms with van der Waals surface area (Å²) in [5.74, 6) is -0.654. The van der Waals surface area contributed by atoms with E-state index in [0.29, 0.717) is 5.76 Å². The Morgan fingerprint density at radius 2 is 2.00 bits per heavy atom. The molecule has 0 bridgehead atoms. The van der Waals surface area contributed by atoms with E-state index in [1.807, 2.05) is 18.2 Å². The van der Waals surface area contributed by atoms with Crippen molar-refractivity contribution in [2.75, 3.05) is 7.11 Å². The topological polar surface area (TPSA) is 52.6 Å². The first-order chi connectivity index (χ1) is 7.72. The number of benzene rings is 1. The minimum atomic E-state index is -1.15. The third kappa shape index (κ3) is 1.82. The molecule has 0 N–H and O–H groups in total. The van der Waals surface area contributed by atoms with Crippen LogP contribution in [-0.4, -0.2) is 25.0 Å². The highest BCUT2D eigenvalue weighted by atomic mass is 16.6. The van der Waals surface area contributed by atoms with E-state index < -0.39 is 12.1 Å². The zero-order valence-corrected chi connectivity index (χ0v) is 8.67. The minimum Gasteiger partial charge on any atom is -0.470 e. The predicted molar refractivity (Wildman–Crippen MR) is 56.3 cm³/mol. The largest absolute Gasteiger partial charge is 0.470 e. The van der Waals surface area contributed by atoms with Crippen LogP contribution < -0.4 is 0 Å². The van der Waals surface area contributed by atoms with E-state index >= 15 is 0 Å². The van der Waals surface area contributed by atoms with Gasteiger partial charge in [-0.1, -0.05) is 30.3 Å². The maximum absolute atomic E-state index is 11.5. The molecule has 0 saturated heterocycles. The SMILES string of the molecule is COC(=O)C1OC(c2ccccc2)=CC1=O. The Labute approximate surface area is 92.5 Å². The molecular formula is C12H10O4. The van der Waals surface area contributed by atoms with Gasteiger partial charge in [-0.3, -0.25) is 4.79 Å². The van der Waals surface area contributed by atoms with Gasteiger partial charge in [-0.25, -0.2) is 4.79 Å². The van der Waals surface area contributed by atoms with E-state index in [-0.39, 0.29) is 5.78 Å². The molecule has 0 aliphatic carbocycles. The molecule has 0 radical (unpaired) electrons. The van der Waals surface area contributed by atoms with Gasteiger partial charge in [0.15, 0.2) is 0 Å². The van der Waals surface area contributed by atoms with Gasteiger partial charge < -0.3 is 9.47 Å². The van der Waals surface area contributed by atoms with Crippen LogP contribution in [0.2, 0.25) is 0 Å². The van der Waals surface area contributed by atoms with Crippen LogP contribution in [0.1, 0.15) is 5.56 Å². The molecule has 0 amide bonds. The number of ketones is 1. The first-order valence-corrected chi connectivity index (χ1v) is 4.78. The van der Waals surface area contributed by atoms with Crippen molar-refractivity contribution in [2.24, 2.45) is 0 Å². The molecule has 4 nitrogen and oxygen atoms in total. The smallest absolute Gasteiger partial charge is 0.355 e. The van der Waals surface area contributed by atoms with E-state index in [0.717, 1.165) is 5.56 Å². The lowest BCUT2D eigenvalue weighted by Gasteiger charge is -2.09. The Bertz CT molecular complexity index is 447. The van der Waals surface area contributed by atoms with Crippen LogP contribution in [-0.2, 0) is 19.1 Å². The number of methoxy groups -OCH3 is 1. The van der Waals surface area contributed by atoms with Gasteiger partial charge in [-0.2, -0.15) is 0 Å². The Morgan fingerprint density at radius 1 is 1.31 bits per heavy atom. The maximum atomic E-state index is 11.5. The standard InChI is InChI=1S/C12H10O4/c1-15-12(14)11-9(13)7-10(16-11)8-5-3-2-4-6-8/h2-7,11H,1H3. The molecular weight excluding hydrogens is 208 g/mol. The fourth-order valence-electron chi connectivity index (χ4n) is 1.45. The number of carbonyl (C=O) groups excluding carboxylic acids is 2. The molecule has 82 valence electrons. The van der Waals surface area contributed by atoms with E-state index in [1.165, 1.54) is 13.2 Å². The Morgan fingerprint density at radius 3 is 2.62 bits per heavy atom. The van der Waals surface area contributed by atoms with Crippen LogP contribution in [0.3, 0.4) is 0 Å². The first kappa shape index (κ1) is 10.4. The van der Waals surface area contributed by atoms with E-state index in [2.05, 4.69) is 4.74 Å². The summed E-state index contributed by atoms with van der Waals surface area (Å²) in [6.45, 7) is 0. The van der Waals surface area contributed by atoms with Crippen molar-refractivity contribution in [3.05, 3.63) is 42.0 Å². The maximum Gasteiger partial charge on any atom is 0.355 e. The number of rotatable bonds is 2. The monoisotopic (exact) mass is 218 g/mol. The quantitative estimate of drug-likeness (QED) is 0.552. The average molecular weight is 218 g/mol. The molecule has 0 aromatic heterocycles. The third-order valence-electron chi connectivity index (χ3n) is 2.25. The summed E-state index contributed by atoms with van der Waals surface area (Å²) in [4.78, 5) is 22.7. The number of ether oxygens (including phenoxy) is 2. The zero-order valence-electron chi connectivity index (χ0n) is 8.67. The molecule has 16 heavy (non-hydrogen) atoms. The van der Waals surface area contributed by atoms with Crippen LogP contribution in [0.15, 0.2) is 36.4 Å². The summed E-state index contributed by atoms with van der Waals surface area (Å²) < 4.78 is 9.72. The molecule has 0 saturated carbocycles. The van der Waals surface area contributed by atoms with Crippen LogP contribution in [0.4, 0.5) is 0 Å². The van der Waals surface area contributed by atoms with Gasteiger partial charge in [0.1, 0.15) is 5.76 Å². The molecule has 1 aromatic carbocycles. The third-order valence-corrected chi connectivity index (χ3v) is 2.25. The molecule has 1 aromatic rings. The molecule has 1 heterocycles. The minimum absolute atomic E-state index is 0.384. The van der Waals surface area contributed by atoms with Crippen molar-refractivity contribution in [3.63, 3.8) is 0 Å². The van der Waals surface area contributed by atoms with E-state index in [9.17, 15) is 9.59 Å². The van der Waals surface area contributed by atoms with Crippen LogP contribution in [0.25, 0.3) is 5.76 Å². The number of esters is 1. The summed E-state index contributed by atoms with van der Waals surface area (Å²) in [6.07, 6.45) is 0.164. The number of carbonyl (C=O) groups is 2. The fraction of sp³-hybridized carbons (Fsp3) is 0.167. The lowest BCUT2D eigenvalue weighted by atomic mass is 10.2. The van der Waals surface area contributed by atoms with Gasteiger partial charge in [-0.15, -0.1) is 0 Å². The molecule has 0 fully saturated rings. The normalized spacial score (nSPS) is 18.9. The van der Waals surface area contributed by atoms with Gasteiger partial charge >= 0.3 is 5.97 Å². The summed E-state index contributed by atoms with van der Waals surface area (Å²) in [5, 5.41) is 0. The van der Waals surface area contributed by atoms with Crippen molar-refractivity contribution >= 4 is 17.5 Å². The predicted octanol–water partition coefficient (Wildman–Crippen LogP) is 1.17. The average Bonchev–Trinajstić information content (AvgIpc) is 2.71. The summed E-state index contributed by atoms with van der Waals surface area (Å²) >= 11 is 0. The highest BCUT2D eigenvalue weighted by molar-refractivity contribution is 6.13. The first-order valence-electron chi connectivity index (χ1n) is 4.78. The fourth-order valence-corrected chi connectivity index (χ4v) is 1.45. The Kier molecular flexibility index (Phi) is 2.72. The van der Waals surface area contributed by atoms with Gasteiger partial charge in [0.2, 0.25) is 5.78 Å².